The van der Waals surface area contributed by atoms with Crippen molar-refractivity contribution in [3.8, 4) is 0 Å². The van der Waals surface area contributed by atoms with Crippen LogP contribution in [-0.2, 0) is 9.53 Å². The summed E-state index contributed by atoms with van der Waals surface area (Å²) in [6.07, 6.45) is 3.62. The van der Waals surface area contributed by atoms with E-state index in [9.17, 15) is 9.59 Å². The lowest BCUT2D eigenvalue weighted by Gasteiger charge is -2.32. The first-order chi connectivity index (χ1) is 8.61. The number of rotatable bonds is 4. The van der Waals surface area contributed by atoms with Gasteiger partial charge < -0.3 is 20.1 Å². The zero-order valence-electron chi connectivity index (χ0n) is 10.6. The molecule has 1 aliphatic carbocycles. The van der Waals surface area contributed by atoms with Crippen LogP contribution in [-0.4, -0.2) is 54.4 Å². The highest BCUT2D eigenvalue weighted by Gasteiger charge is 2.38. The SMILES string of the molecule is COC1CCN(C(=O)NC(C(=O)O)C2CC2)CC1. The van der Waals surface area contributed by atoms with Crippen LogP contribution in [0.2, 0.25) is 0 Å². The number of aliphatic carboxylic acids is 1. The van der Waals surface area contributed by atoms with Crippen molar-refractivity contribution in [1.82, 2.24) is 10.2 Å². The molecule has 1 saturated carbocycles. The third-order valence-corrected chi connectivity index (χ3v) is 3.70. The third-order valence-electron chi connectivity index (χ3n) is 3.70. The first-order valence-electron chi connectivity index (χ1n) is 6.43. The highest BCUT2D eigenvalue weighted by Crippen LogP contribution is 2.32. The van der Waals surface area contributed by atoms with Gasteiger partial charge in [-0.05, 0) is 31.6 Å². The predicted octanol–water partition coefficient (Wildman–Crippen LogP) is 0.670. The van der Waals surface area contributed by atoms with Gasteiger partial charge in [-0.1, -0.05) is 0 Å². The molecular weight excluding hydrogens is 236 g/mol. The molecule has 2 N–H and O–H groups in total. The summed E-state index contributed by atoms with van der Waals surface area (Å²) in [4.78, 5) is 24.7. The van der Waals surface area contributed by atoms with Crippen molar-refractivity contribution >= 4 is 12.0 Å². The summed E-state index contributed by atoms with van der Waals surface area (Å²) in [5.41, 5.74) is 0. The number of hydrogen-bond acceptors (Lipinski definition) is 3. The molecule has 0 aromatic rings. The summed E-state index contributed by atoms with van der Waals surface area (Å²) in [6.45, 7) is 1.25. The molecule has 18 heavy (non-hydrogen) atoms. The van der Waals surface area contributed by atoms with Gasteiger partial charge in [0.2, 0.25) is 0 Å². The molecule has 6 heteroatoms. The van der Waals surface area contributed by atoms with Crippen molar-refractivity contribution in [3.63, 3.8) is 0 Å². The van der Waals surface area contributed by atoms with E-state index in [0.717, 1.165) is 25.7 Å². The van der Waals surface area contributed by atoms with Gasteiger partial charge in [0.15, 0.2) is 0 Å². The highest BCUT2D eigenvalue weighted by molar-refractivity contribution is 5.83. The number of urea groups is 1. The summed E-state index contributed by atoms with van der Waals surface area (Å²) in [5, 5.41) is 11.7. The highest BCUT2D eigenvalue weighted by atomic mass is 16.5. The molecule has 2 aliphatic rings. The Morgan fingerprint density at radius 3 is 2.33 bits per heavy atom. The minimum atomic E-state index is -0.933. The van der Waals surface area contributed by atoms with E-state index in [4.69, 9.17) is 9.84 Å². The van der Waals surface area contributed by atoms with Crippen molar-refractivity contribution in [2.75, 3.05) is 20.2 Å². The minimum Gasteiger partial charge on any atom is -0.480 e. The quantitative estimate of drug-likeness (QED) is 0.775. The fraction of sp³-hybridized carbons (Fsp3) is 0.833. The van der Waals surface area contributed by atoms with Crippen molar-refractivity contribution in [2.45, 2.75) is 37.8 Å². The van der Waals surface area contributed by atoms with Crippen LogP contribution in [0, 0.1) is 5.92 Å². The standard InChI is InChI=1S/C12H20N2O4/c1-18-9-4-6-14(7-5-9)12(17)13-10(11(15)16)8-2-3-8/h8-10H,2-7H2,1H3,(H,13,17)(H,15,16). The Balaban J connectivity index is 1.82. The predicted molar refractivity (Wildman–Crippen MR) is 64.3 cm³/mol. The number of piperidine rings is 1. The number of methoxy groups -OCH3 is 1. The topological polar surface area (TPSA) is 78.9 Å². The molecular formula is C12H20N2O4. The van der Waals surface area contributed by atoms with Crippen molar-refractivity contribution in [2.24, 2.45) is 5.92 Å². The minimum absolute atomic E-state index is 0.114. The number of amides is 2. The largest absolute Gasteiger partial charge is 0.480 e. The molecule has 2 fully saturated rings. The molecule has 102 valence electrons. The van der Waals surface area contributed by atoms with Crippen LogP contribution in [0.25, 0.3) is 0 Å². The van der Waals surface area contributed by atoms with Crippen LogP contribution in [0.5, 0.6) is 0 Å². The summed E-state index contributed by atoms with van der Waals surface area (Å²) < 4.78 is 5.23. The Morgan fingerprint density at radius 1 is 1.28 bits per heavy atom. The van der Waals surface area contributed by atoms with E-state index in [1.807, 2.05) is 0 Å². The number of carbonyl (C=O) groups is 2. The van der Waals surface area contributed by atoms with Gasteiger partial charge in [-0.3, -0.25) is 0 Å². The second kappa shape index (κ2) is 5.56. The summed E-state index contributed by atoms with van der Waals surface area (Å²) in [5.74, 6) is -0.819. The molecule has 6 nitrogen and oxygen atoms in total. The van der Waals surface area contributed by atoms with E-state index >= 15 is 0 Å². The Morgan fingerprint density at radius 2 is 1.89 bits per heavy atom. The summed E-state index contributed by atoms with van der Waals surface area (Å²) in [7, 11) is 1.67. The van der Waals surface area contributed by atoms with Gasteiger partial charge in [-0.15, -0.1) is 0 Å². The number of ether oxygens (including phenoxy) is 1. The van der Waals surface area contributed by atoms with Crippen molar-refractivity contribution in [1.29, 1.82) is 0 Å². The number of carboxylic acid groups (broad SMARTS) is 1. The van der Waals surface area contributed by atoms with Crippen LogP contribution in [0.4, 0.5) is 4.79 Å². The van der Waals surface area contributed by atoms with E-state index < -0.39 is 12.0 Å². The Bertz CT molecular complexity index is 322. The maximum atomic E-state index is 12.0. The normalized spacial score (nSPS) is 22.6. The first kappa shape index (κ1) is 13.1. The molecule has 0 aromatic carbocycles. The van der Waals surface area contributed by atoms with Gasteiger partial charge in [-0.2, -0.15) is 0 Å². The molecule has 1 heterocycles. The van der Waals surface area contributed by atoms with Gasteiger partial charge in [0.05, 0.1) is 6.10 Å². The van der Waals surface area contributed by atoms with Gasteiger partial charge in [0, 0.05) is 20.2 Å². The molecule has 1 unspecified atom stereocenters. The van der Waals surface area contributed by atoms with E-state index in [2.05, 4.69) is 5.32 Å². The third kappa shape index (κ3) is 3.13. The smallest absolute Gasteiger partial charge is 0.326 e. The second-order valence-corrected chi connectivity index (χ2v) is 5.02. The molecule has 0 spiro atoms. The molecule has 0 radical (unpaired) electrons. The first-order valence-corrected chi connectivity index (χ1v) is 6.43. The second-order valence-electron chi connectivity index (χ2n) is 5.02. The molecule has 1 atom stereocenters. The fourth-order valence-electron chi connectivity index (χ4n) is 2.33. The number of carbonyl (C=O) groups excluding carboxylic acids is 1. The molecule has 0 aromatic heterocycles. The van der Waals surface area contributed by atoms with Crippen LogP contribution in [0.15, 0.2) is 0 Å². The average molecular weight is 256 g/mol. The lowest BCUT2D eigenvalue weighted by Crippen LogP contribution is -2.51. The molecule has 0 bridgehead atoms. The molecule has 1 saturated heterocycles. The van der Waals surface area contributed by atoms with Gasteiger partial charge >= 0.3 is 12.0 Å². The maximum absolute atomic E-state index is 12.0. The number of likely N-dealkylation sites (tertiary alicyclic amines) is 1. The molecule has 1 aliphatic heterocycles. The zero-order valence-corrected chi connectivity index (χ0v) is 10.6. The lowest BCUT2D eigenvalue weighted by atomic mass is 10.1. The maximum Gasteiger partial charge on any atom is 0.326 e. The molecule has 2 amide bonds. The summed E-state index contributed by atoms with van der Waals surface area (Å²) in [6, 6.07) is -0.985. The monoisotopic (exact) mass is 256 g/mol. The number of nitrogens with one attached hydrogen (secondary N) is 1. The molecule has 2 rings (SSSR count). The fourth-order valence-corrected chi connectivity index (χ4v) is 2.33. The van der Waals surface area contributed by atoms with Crippen LogP contribution < -0.4 is 5.32 Å². The van der Waals surface area contributed by atoms with Crippen molar-refractivity contribution in [3.05, 3.63) is 0 Å². The average Bonchev–Trinajstić information content (AvgIpc) is 3.19. The number of carboxylic acids is 1. The van der Waals surface area contributed by atoms with E-state index in [1.54, 1.807) is 12.0 Å². The summed E-state index contributed by atoms with van der Waals surface area (Å²) >= 11 is 0. The lowest BCUT2D eigenvalue weighted by molar-refractivity contribution is -0.139. The van der Waals surface area contributed by atoms with E-state index in [1.165, 1.54) is 0 Å². The van der Waals surface area contributed by atoms with Gasteiger partial charge in [0.1, 0.15) is 6.04 Å². The Hall–Kier alpha value is -1.30. The van der Waals surface area contributed by atoms with Crippen LogP contribution in [0.1, 0.15) is 25.7 Å². The van der Waals surface area contributed by atoms with Crippen molar-refractivity contribution < 1.29 is 19.4 Å². The zero-order chi connectivity index (χ0) is 13.1. The Labute approximate surface area is 106 Å². The van der Waals surface area contributed by atoms with Crippen LogP contribution >= 0.6 is 0 Å². The van der Waals surface area contributed by atoms with E-state index in [0.29, 0.717) is 13.1 Å². The number of hydrogen-bond donors (Lipinski definition) is 2. The number of nitrogens with zero attached hydrogens (tertiary/aromatic N) is 1. The Kier molecular flexibility index (Phi) is 4.06. The van der Waals surface area contributed by atoms with E-state index in [-0.39, 0.29) is 18.1 Å². The van der Waals surface area contributed by atoms with Gasteiger partial charge in [0.25, 0.3) is 0 Å². The van der Waals surface area contributed by atoms with Crippen LogP contribution in [0.3, 0.4) is 0 Å². The van der Waals surface area contributed by atoms with Gasteiger partial charge in [-0.25, -0.2) is 9.59 Å².